The van der Waals surface area contributed by atoms with Gasteiger partial charge in [-0.2, -0.15) is 0 Å². The van der Waals surface area contributed by atoms with Crippen molar-refractivity contribution in [3.63, 3.8) is 0 Å². The molecule has 6 atom stereocenters. The summed E-state index contributed by atoms with van der Waals surface area (Å²) in [7, 11) is 1.74. The zero-order valence-electron chi connectivity index (χ0n) is 15.2. The van der Waals surface area contributed by atoms with Gasteiger partial charge in [-0.15, -0.1) is 0 Å². The number of methoxy groups -OCH3 is 1. The average molecular weight is 354 g/mol. The topological polar surface area (TPSA) is 61.8 Å². The van der Waals surface area contributed by atoms with Crippen LogP contribution in [0.25, 0.3) is 0 Å². The lowest BCUT2D eigenvalue weighted by atomic mass is 9.44. The van der Waals surface area contributed by atoms with Gasteiger partial charge in [0, 0.05) is 29.5 Å². The molecule has 5 aliphatic rings. The molecule has 1 aromatic rings. The van der Waals surface area contributed by atoms with E-state index in [2.05, 4.69) is 17.4 Å². The lowest BCUT2D eigenvalue weighted by Crippen LogP contribution is -2.70. The van der Waals surface area contributed by atoms with Crippen LogP contribution in [0.2, 0.25) is 0 Å². The fraction of sp³-hybridized carbons (Fsp3) is 0.667. The van der Waals surface area contributed by atoms with Gasteiger partial charge in [-0.1, -0.05) is 6.07 Å². The Morgan fingerprint density at radius 2 is 2.27 bits per heavy atom. The fourth-order valence-corrected chi connectivity index (χ4v) is 8.20. The predicted octanol–water partition coefficient (Wildman–Crippen LogP) is 2.63. The van der Waals surface area contributed by atoms with Gasteiger partial charge in [-0.25, -0.2) is 4.79 Å². The minimum atomic E-state index is -0.729. The molecule has 2 aliphatic heterocycles. The molecular formula is C21H26N2O3. The Hall–Kier alpha value is -1.75. The van der Waals surface area contributed by atoms with Crippen LogP contribution in [0.4, 0.5) is 4.79 Å². The van der Waals surface area contributed by atoms with E-state index in [-0.39, 0.29) is 16.9 Å². The second kappa shape index (κ2) is 4.75. The molecule has 6 rings (SSSR count). The second-order valence-corrected chi connectivity index (χ2v) is 9.14. The maximum absolute atomic E-state index is 12.1. The van der Waals surface area contributed by atoms with Gasteiger partial charge in [0.25, 0.3) is 0 Å². The highest BCUT2D eigenvalue weighted by Crippen LogP contribution is 2.74. The molecule has 2 N–H and O–H groups in total. The van der Waals surface area contributed by atoms with Crippen molar-refractivity contribution in [3.05, 3.63) is 29.3 Å². The number of ether oxygens (including phenoxy) is 1. The third-order valence-electron chi connectivity index (χ3n) is 8.79. The molecule has 0 radical (unpaired) electrons. The van der Waals surface area contributed by atoms with E-state index in [0.29, 0.717) is 24.4 Å². The van der Waals surface area contributed by atoms with Crippen LogP contribution in [0.5, 0.6) is 5.75 Å². The zero-order chi connectivity index (χ0) is 17.7. The molecule has 5 nitrogen and oxygen atoms in total. The lowest BCUT2D eigenvalue weighted by molar-refractivity contribution is -0.0823. The molecule has 1 aromatic carbocycles. The summed E-state index contributed by atoms with van der Waals surface area (Å²) in [5, 5.41) is 13.7. The summed E-state index contributed by atoms with van der Waals surface area (Å²) >= 11 is 0. The highest BCUT2D eigenvalue weighted by Gasteiger charge is 2.75. The first kappa shape index (κ1) is 15.3. The van der Waals surface area contributed by atoms with Crippen molar-refractivity contribution < 1.29 is 14.6 Å². The van der Waals surface area contributed by atoms with Crippen molar-refractivity contribution in [2.45, 2.75) is 49.6 Å². The minimum absolute atomic E-state index is 0.122. The van der Waals surface area contributed by atoms with E-state index in [9.17, 15) is 9.90 Å². The van der Waals surface area contributed by atoms with E-state index in [1.165, 1.54) is 24.0 Å². The molecular weight excluding hydrogens is 328 g/mol. The Bertz CT molecular complexity index is 810. The second-order valence-electron chi connectivity index (χ2n) is 9.14. The molecule has 26 heavy (non-hydrogen) atoms. The average Bonchev–Trinajstić information content (AvgIpc) is 3.11. The van der Waals surface area contributed by atoms with Crippen LogP contribution in [-0.4, -0.2) is 48.4 Å². The first-order valence-corrected chi connectivity index (χ1v) is 10.0. The van der Waals surface area contributed by atoms with E-state index in [1.54, 1.807) is 12.0 Å². The molecule has 2 heterocycles. The third kappa shape index (κ3) is 1.49. The van der Waals surface area contributed by atoms with Gasteiger partial charge in [0.15, 0.2) is 0 Å². The van der Waals surface area contributed by atoms with Crippen LogP contribution in [0, 0.1) is 17.3 Å². The molecule has 138 valence electrons. The first-order chi connectivity index (χ1) is 12.6. The van der Waals surface area contributed by atoms with Gasteiger partial charge in [-0.05, 0) is 73.7 Å². The number of carboxylic acid groups (broad SMARTS) is 1. The maximum atomic E-state index is 12.1. The number of carbonyl (C=O) groups is 1. The van der Waals surface area contributed by atoms with Crippen molar-refractivity contribution in [3.8, 4) is 5.75 Å². The molecule has 2 saturated carbocycles. The van der Waals surface area contributed by atoms with Crippen LogP contribution in [0.1, 0.15) is 36.8 Å². The van der Waals surface area contributed by atoms with E-state index >= 15 is 0 Å². The molecule has 1 amide bonds. The van der Waals surface area contributed by atoms with Crippen LogP contribution in [-0.2, 0) is 11.8 Å². The number of nitrogens with zero attached hydrogens (tertiary/aromatic N) is 1. The number of hydrogen-bond donors (Lipinski definition) is 2. The first-order valence-electron chi connectivity index (χ1n) is 10.0. The summed E-state index contributed by atoms with van der Waals surface area (Å²) in [4.78, 5) is 13.9. The summed E-state index contributed by atoms with van der Waals surface area (Å²) < 4.78 is 5.59. The number of benzene rings is 1. The molecule has 4 fully saturated rings. The number of piperidine rings is 1. The summed E-state index contributed by atoms with van der Waals surface area (Å²) in [6, 6.07) is 7.28. The van der Waals surface area contributed by atoms with Crippen molar-refractivity contribution in [1.29, 1.82) is 0 Å². The quantitative estimate of drug-likeness (QED) is 0.814. The smallest absolute Gasteiger partial charge is 0.407 e. The van der Waals surface area contributed by atoms with Gasteiger partial charge >= 0.3 is 6.09 Å². The molecule has 2 unspecified atom stereocenters. The largest absolute Gasteiger partial charge is 0.497 e. The van der Waals surface area contributed by atoms with Crippen LogP contribution in [0.15, 0.2) is 18.2 Å². The number of rotatable bonds is 1. The Labute approximate surface area is 153 Å². The monoisotopic (exact) mass is 354 g/mol. The molecule has 0 aromatic heterocycles. The molecule has 0 spiro atoms. The van der Waals surface area contributed by atoms with Gasteiger partial charge in [0.05, 0.1) is 7.11 Å². The minimum Gasteiger partial charge on any atom is -0.497 e. The number of fused-ring (bicyclic) bond motifs is 1. The predicted molar refractivity (Wildman–Crippen MR) is 96.6 cm³/mol. The Balaban J connectivity index is 1.63. The van der Waals surface area contributed by atoms with Crippen molar-refractivity contribution in [1.82, 2.24) is 10.2 Å². The van der Waals surface area contributed by atoms with Crippen LogP contribution in [0.3, 0.4) is 0 Å². The number of nitrogens with one attached hydrogen (secondary N) is 1. The highest BCUT2D eigenvalue weighted by atomic mass is 16.5. The van der Waals surface area contributed by atoms with Crippen molar-refractivity contribution in [2.75, 3.05) is 20.2 Å². The lowest BCUT2D eigenvalue weighted by Gasteiger charge is -2.65. The van der Waals surface area contributed by atoms with Crippen molar-refractivity contribution >= 4 is 6.09 Å². The third-order valence-corrected chi connectivity index (χ3v) is 8.79. The molecule has 3 aliphatic carbocycles. The number of amides is 1. The normalized spacial score (nSPS) is 44.4. The van der Waals surface area contributed by atoms with E-state index in [0.717, 1.165) is 31.6 Å². The molecule has 5 heteroatoms. The number of hydrogen-bond acceptors (Lipinski definition) is 3. The molecule has 2 saturated heterocycles. The van der Waals surface area contributed by atoms with Crippen LogP contribution >= 0.6 is 0 Å². The highest BCUT2D eigenvalue weighted by molar-refractivity contribution is 5.67. The van der Waals surface area contributed by atoms with Gasteiger partial charge in [0.1, 0.15) is 5.75 Å². The van der Waals surface area contributed by atoms with E-state index < -0.39 is 6.09 Å². The standard InChI is InChI=1S/C21H26N2O3/c1-26-14-3-2-12-8-17-20-5-4-16-18(13(10-20)11-22-16)21(20,15(12)9-14)6-7-23(17)19(24)25/h2-3,9,13,16-18,22H,4-8,10-11H2,1H3,(H,24,25)/t13-,16?,17-,18?,20-,21+/m1/s1. The SMILES string of the molecule is COc1ccc2c(c1)[C@]13CCN(C(=O)O)[C@H](C2)[C@]12CCC1NC[C@@H](C2)C13. The maximum Gasteiger partial charge on any atom is 0.407 e. The fourth-order valence-electron chi connectivity index (χ4n) is 8.20. The van der Waals surface area contributed by atoms with Gasteiger partial charge < -0.3 is 20.1 Å². The van der Waals surface area contributed by atoms with E-state index in [4.69, 9.17) is 4.74 Å². The Morgan fingerprint density at radius 1 is 1.38 bits per heavy atom. The van der Waals surface area contributed by atoms with Gasteiger partial charge in [-0.3, -0.25) is 0 Å². The summed E-state index contributed by atoms with van der Waals surface area (Å²) in [6.45, 7) is 1.78. The van der Waals surface area contributed by atoms with Gasteiger partial charge in [0.2, 0.25) is 0 Å². The summed E-state index contributed by atoms with van der Waals surface area (Å²) in [5.41, 5.74) is 3.09. The Kier molecular flexibility index (Phi) is 2.80. The Morgan fingerprint density at radius 3 is 3.08 bits per heavy atom. The number of likely N-dealkylation sites (tertiary alicyclic amines) is 1. The van der Waals surface area contributed by atoms with E-state index in [1.807, 2.05) is 6.07 Å². The summed E-state index contributed by atoms with van der Waals surface area (Å²) in [6.07, 6.45) is 4.65. The summed E-state index contributed by atoms with van der Waals surface area (Å²) in [5.74, 6) is 2.29. The van der Waals surface area contributed by atoms with Crippen molar-refractivity contribution in [2.24, 2.45) is 17.3 Å². The van der Waals surface area contributed by atoms with Crippen LogP contribution < -0.4 is 10.1 Å². The molecule has 4 bridgehead atoms. The zero-order valence-corrected chi connectivity index (χ0v) is 15.2.